The van der Waals surface area contributed by atoms with E-state index >= 15 is 0 Å². The monoisotopic (exact) mass is 617 g/mol. The molecule has 7 rings (SSSR count). The van der Waals surface area contributed by atoms with Crippen LogP contribution in [0.25, 0.3) is 21.7 Å². The van der Waals surface area contributed by atoms with E-state index in [0.717, 1.165) is 33.8 Å². The SMILES string of the molecule is [C-]#[N+]/C(C#N)=C1C=C(/C=C/c2ccc(N(c3ccccc3)c3cccc4ccccc34)cc2)OC(c2ccccc2)(c2ccccc2)C\1. The predicted molar refractivity (Wildman–Crippen MR) is 194 cm³/mol. The van der Waals surface area contributed by atoms with E-state index in [2.05, 4.69) is 107 Å². The molecule has 0 atom stereocenters. The van der Waals surface area contributed by atoms with Crippen LogP contribution in [0.15, 0.2) is 187 Å². The zero-order valence-electron chi connectivity index (χ0n) is 26.2. The lowest BCUT2D eigenvalue weighted by Gasteiger charge is -2.39. The minimum absolute atomic E-state index is 0.0687. The first-order valence-corrected chi connectivity index (χ1v) is 15.8. The summed E-state index contributed by atoms with van der Waals surface area (Å²) in [6.45, 7) is 7.71. The van der Waals surface area contributed by atoms with Crippen LogP contribution >= 0.6 is 0 Å². The standard InChI is InChI=1S/C44H31N3O/c1-46-42(32-45)35-30-40(48-44(31-35,36-16-5-2-6-17-36)37-18-7-3-8-19-37)29-26-33-24-27-39(28-25-33)47(38-20-9-4-10-21-38)43-23-13-15-34-14-11-12-22-41(34)43/h2-30H,31H2/b29-26+,42-35+. The molecule has 1 heterocycles. The fourth-order valence-electron chi connectivity index (χ4n) is 6.38. The van der Waals surface area contributed by atoms with Crippen LogP contribution < -0.4 is 4.90 Å². The van der Waals surface area contributed by atoms with E-state index in [9.17, 15) is 5.26 Å². The minimum atomic E-state index is -0.905. The lowest BCUT2D eigenvalue weighted by Crippen LogP contribution is -2.34. The van der Waals surface area contributed by atoms with E-state index in [4.69, 9.17) is 11.3 Å². The summed E-state index contributed by atoms with van der Waals surface area (Å²) in [6, 6.07) is 55.8. The molecule has 6 aromatic rings. The van der Waals surface area contributed by atoms with Crippen molar-refractivity contribution in [2.24, 2.45) is 0 Å². The smallest absolute Gasteiger partial charge is 0.265 e. The largest absolute Gasteiger partial charge is 0.478 e. The molecule has 0 aliphatic carbocycles. The van der Waals surface area contributed by atoms with Gasteiger partial charge in [-0.15, -0.1) is 0 Å². The fraction of sp³-hybridized carbons (Fsp3) is 0.0455. The number of benzene rings is 6. The first kappa shape index (κ1) is 30.1. The van der Waals surface area contributed by atoms with Crippen LogP contribution in [0.4, 0.5) is 17.1 Å². The molecule has 1 aliphatic heterocycles. The van der Waals surface area contributed by atoms with Gasteiger partial charge in [0.2, 0.25) is 0 Å². The third-order valence-electron chi connectivity index (χ3n) is 8.66. The van der Waals surface area contributed by atoms with Gasteiger partial charge in [-0.1, -0.05) is 133 Å². The lowest BCUT2D eigenvalue weighted by molar-refractivity contribution is 0.0348. The van der Waals surface area contributed by atoms with E-state index in [-0.39, 0.29) is 5.70 Å². The van der Waals surface area contributed by atoms with Crippen molar-refractivity contribution in [2.75, 3.05) is 4.90 Å². The van der Waals surface area contributed by atoms with E-state index < -0.39 is 5.60 Å². The van der Waals surface area contributed by atoms with Gasteiger partial charge in [0.25, 0.3) is 5.70 Å². The Morgan fingerprint density at radius 1 is 0.688 bits per heavy atom. The average Bonchev–Trinajstić information content (AvgIpc) is 3.16. The Morgan fingerprint density at radius 2 is 1.27 bits per heavy atom. The quantitative estimate of drug-likeness (QED) is 0.132. The molecule has 1 aliphatic rings. The average molecular weight is 618 g/mol. The van der Waals surface area contributed by atoms with Gasteiger partial charge in [0.15, 0.2) is 5.60 Å². The molecule has 4 heteroatoms. The molecule has 0 amide bonds. The number of nitrogens with zero attached hydrogens (tertiary/aromatic N) is 3. The molecule has 6 aromatic carbocycles. The molecule has 4 nitrogen and oxygen atoms in total. The molecule has 0 bridgehead atoms. The third-order valence-corrected chi connectivity index (χ3v) is 8.66. The summed E-state index contributed by atoms with van der Waals surface area (Å²) in [5, 5.41) is 12.2. The number of allylic oxidation sites excluding steroid dienone is 3. The highest BCUT2D eigenvalue weighted by atomic mass is 16.5. The number of nitriles is 1. The van der Waals surface area contributed by atoms with Gasteiger partial charge in [0, 0.05) is 34.3 Å². The first-order valence-electron chi connectivity index (χ1n) is 15.8. The lowest BCUT2D eigenvalue weighted by atomic mass is 9.79. The molecule has 0 unspecified atom stereocenters. The normalized spacial score (nSPS) is 14.8. The Bertz CT molecular complexity index is 2180. The van der Waals surface area contributed by atoms with E-state index in [1.54, 1.807) is 0 Å². The molecule has 0 fully saturated rings. The molecule has 0 radical (unpaired) electrons. The van der Waals surface area contributed by atoms with Crippen LogP contribution in [0, 0.1) is 17.9 Å². The zero-order chi connectivity index (χ0) is 32.8. The highest BCUT2D eigenvalue weighted by Gasteiger charge is 2.40. The highest BCUT2D eigenvalue weighted by molar-refractivity contribution is 5.98. The summed E-state index contributed by atoms with van der Waals surface area (Å²) in [5.41, 5.74) is 5.92. The zero-order valence-corrected chi connectivity index (χ0v) is 26.2. The van der Waals surface area contributed by atoms with Crippen LogP contribution in [-0.2, 0) is 10.3 Å². The second-order valence-corrected chi connectivity index (χ2v) is 11.6. The van der Waals surface area contributed by atoms with Crippen LogP contribution in [0.1, 0.15) is 23.1 Å². The van der Waals surface area contributed by atoms with Crippen molar-refractivity contribution in [3.63, 3.8) is 0 Å². The van der Waals surface area contributed by atoms with Crippen molar-refractivity contribution in [1.82, 2.24) is 0 Å². The minimum Gasteiger partial charge on any atom is -0.478 e. The number of fused-ring (bicyclic) bond motifs is 1. The molecular formula is C44H31N3O. The van der Waals surface area contributed by atoms with Crippen LogP contribution in [0.3, 0.4) is 0 Å². The number of rotatable bonds is 7. The summed E-state index contributed by atoms with van der Waals surface area (Å²) in [5.74, 6) is 0.575. The van der Waals surface area contributed by atoms with Gasteiger partial charge in [0.05, 0.1) is 18.3 Å². The Hall–Kier alpha value is -6.62. The van der Waals surface area contributed by atoms with E-state index in [1.807, 2.05) is 85.0 Å². The van der Waals surface area contributed by atoms with Gasteiger partial charge >= 0.3 is 0 Å². The number of para-hydroxylation sites is 1. The topological polar surface area (TPSA) is 40.6 Å². The molecule has 0 aromatic heterocycles. The van der Waals surface area contributed by atoms with E-state index in [1.165, 1.54) is 10.8 Å². The number of hydrogen-bond acceptors (Lipinski definition) is 3. The van der Waals surface area contributed by atoms with Crippen molar-refractivity contribution in [3.8, 4) is 6.07 Å². The van der Waals surface area contributed by atoms with Gasteiger partial charge in [-0.25, -0.2) is 10.1 Å². The second kappa shape index (κ2) is 13.4. The molecule has 48 heavy (non-hydrogen) atoms. The Kier molecular flexibility index (Phi) is 8.39. The van der Waals surface area contributed by atoms with Crippen molar-refractivity contribution in [2.45, 2.75) is 12.0 Å². The van der Waals surface area contributed by atoms with Gasteiger partial charge < -0.3 is 9.64 Å². The molecule has 228 valence electrons. The molecular weight excluding hydrogens is 587 g/mol. The second-order valence-electron chi connectivity index (χ2n) is 11.6. The van der Waals surface area contributed by atoms with Crippen molar-refractivity contribution < 1.29 is 4.74 Å². The van der Waals surface area contributed by atoms with Crippen molar-refractivity contribution in [1.29, 1.82) is 5.26 Å². The van der Waals surface area contributed by atoms with Crippen molar-refractivity contribution >= 4 is 33.9 Å². The number of ether oxygens (including phenoxy) is 1. The Morgan fingerprint density at radius 3 is 1.92 bits per heavy atom. The Balaban J connectivity index is 1.27. The Labute approximate surface area is 281 Å². The summed E-state index contributed by atoms with van der Waals surface area (Å²) in [4.78, 5) is 5.85. The molecule has 0 saturated carbocycles. The summed E-state index contributed by atoms with van der Waals surface area (Å²) in [6.07, 6.45) is 6.12. The summed E-state index contributed by atoms with van der Waals surface area (Å²) in [7, 11) is 0. The molecule has 0 spiro atoms. The van der Waals surface area contributed by atoms with Gasteiger partial charge in [-0.05, 0) is 59.0 Å². The maximum atomic E-state index is 9.86. The predicted octanol–water partition coefficient (Wildman–Crippen LogP) is 11.3. The number of anilines is 3. The van der Waals surface area contributed by atoms with Gasteiger partial charge in [-0.2, -0.15) is 0 Å². The number of hydrogen-bond donors (Lipinski definition) is 0. The van der Waals surface area contributed by atoms with E-state index in [0.29, 0.717) is 17.8 Å². The summed E-state index contributed by atoms with van der Waals surface area (Å²) >= 11 is 0. The highest BCUT2D eigenvalue weighted by Crippen LogP contribution is 2.46. The van der Waals surface area contributed by atoms with Crippen LogP contribution in [0.2, 0.25) is 0 Å². The molecule has 0 saturated heterocycles. The summed E-state index contributed by atoms with van der Waals surface area (Å²) < 4.78 is 6.88. The van der Waals surface area contributed by atoms with Crippen LogP contribution in [-0.4, -0.2) is 0 Å². The van der Waals surface area contributed by atoms with Gasteiger partial charge in [-0.3, -0.25) is 0 Å². The van der Waals surface area contributed by atoms with Crippen LogP contribution in [0.5, 0.6) is 0 Å². The molecule has 0 N–H and O–H groups in total. The first-order chi connectivity index (χ1) is 23.7. The van der Waals surface area contributed by atoms with Gasteiger partial charge in [0.1, 0.15) is 5.76 Å². The third kappa shape index (κ3) is 5.87. The maximum Gasteiger partial charge on any atom is 0.265 e. The maximum absolute atomic E-state index is 9.86. The van der Waals surface area contributed by atoms with Crippen molar-refractivity contribution in [3.05, 3.63) is 215 Å². The fourth-order valence-corrected chi connectivity index (χ4v) is 6.38.